The first-order valence-electron chi connectivity index (χ1n) is 6.38. The van der Waals surface area contributed by atoms with Crippen molar-refractivity contribution in [1.29, 1.82) is 0 Å². The van der Waals surface area contributed by atoms with Crippen LogP contribution >= 0.6 is 0 Å². The lowest BCUT2D eigenvalue weighted by molar-refractivity contribution is -0.138. The summed E-state index contributed by atoms with van der Waals surface area (Å²) in [6.07, 6.45) is 13.9. The third-order valence-corrected chi connectivity index (χ3v) is 2.74. The lowest BCUT2D eigenvalue weighted by Gasteiger charge is -2.04. The highest BCUT2D eigenvalue weighted by Gasteiger charge is 2.09. The Balaban J connectivity index is 1.95. The average molecular weight is 222 g/mol. The van der Waals surface area contributed by atoms with Crippen LogP contribution in [-0.4, -0.2) is 12.6 Å². The number of hydrogen-bond donors (Lipinski definition) is 0. The second-order valence-corrected chi connectivity index (χ2v) is 4.20. The zero-order valence-corrected chi connectivity index (χ0v) is 10.2. The highest BCUT2D eigenvalue weighted by molar-refractivity contribution is 5.92. The molecule has 2 heteroatoms. The lowest BCUT2D eigenvalue weighted by Crippen LogP contribution is -2.06. The molecule has 1 aliphatic rings. The minimum atomic E-state index is -0.165. The largest absolute Gasteiger partial charge is 0.462 e. The summed E-state index contributed by atoms with van der Waals surface area (Å²) in [5.41, 5.74) is 0.714. The van der Waals surface area contributed by atoms with Gasteiger partial charge in [-0.3, -0.25) is 0 Å². The molecule has 0 saturated carbocycles. The predicted octanol–water partition coefficient (Wildman–Crippen LogP) is 3.78. The summed E-state index contributed by atoms with van der Waals surface area (Å²) < 4.78 is 5.17. The summed E-state index contributed by atoms with van der Waals surface area (Å²) >= 11 is 0. The van der Waals surface area contributed by atoms with Crippen molar-refractivity contribution in [2.75, 3.05) is 6.61 Å². The third kappa shape index (κ3) is 5.15. The molecule has 0 amide bonds. The lowest BCUT2D eigenvalue weighted by atomic mass is 10.1. The summed E-state index contributed by atoms with van der Waals surface area (Å²) in [5, 5.41) is 0. The van der Waals surface area contributed by atoms with Gasteiger partial charge >= 0.3 is 5.97 Å². The van der Waals surface area contributed by atoms with E-state index in [1.807, 2.05) is 18.2 Å². The minimum Gasteiger partial charge on any atom is -0.462 e. The van der Waals surface area contributed by atoms with E-state index in [9.17, 15) is 4.79 Å². The molecule has 0 aromatic rings. The van der Waals surface area contributed by atoms with Crippen LogP contribution < -0.4 is 0 Å². The monoisotopic (exact) mass is 222 g/mol. The molecular formula is C14H22O2. The van der Waals surface area contributed by atoms with Gasteiger partial charge in [0.2, 0.25) is 0 Å². The van der Waals surface area contributed by atoms with Crippen molar-refractivity contribution >= 4 is 5.97 Å². The topological polar surface area (TPSA) is 26.3 Å². The number of esters is 1. The molecule has 90 valence electrons. The van der Waals surface area contributed by atoms with Crippen molar-refractivity contribution in [2.45, 2.75) is 51.9 Å². The third-order valence-electron chi connectivity index (χ3n) is 2.74. The molecule has 0 bridgehead atoms. The Kier molecular flexibility index (Phi) is 6.62. The van der Waals surface area contributed by atoms with Gasteiger partial charge in [0.25, 0.3) is 0 Å². The van der Waals surface area contributed by atoms with Crippen LogP contribution in [0.4, 0.5) is 0 Å². The number of allylic oxidation sites excluding steroid dienone is 2. The number of carbonyl (C=O) groups excluding carboxylic acids is 1. The number of unbranched alkanes of at least 4 members (excludes halogenated alkanes) is 5. The van der Waals surface area contributed by atoms with Gasteiger partial charge < -0.3 is 4.74 Å². The van der Waals surface area contributed by atoms with E-state index in [0.29, 0.717) is 12.2 Å². The summed E-state index contributed by atoms with van der Waals surface area (Å²) in [7, 11) is 0. The zero-order valence-electron chi connectivity index (χ0n) is 10.2. The molecule has 0 atom stereocenters. The molecule has 1 rings (SSSR count). The first kappa shape index (κ1) is 13.0. The number of hydrogen-bond acceptors (Lipinski definition) is 2. The van der Waals surface area contributed by atoms with E-state index in [0.717, 1.165) is 12.8 Å². The fourth-order valence-corrected chi connectivity index (χ4v) is 1.74. The van der Waals surface area contributed by atoms with Crippen LogP contribution in [0.2, 0.25) is 0 Å². The highest BCUT2D eigenvalue weighted by Crippen LogP contribution is 2.11. The van der Waals surface area contributed by atoms with Crippen molar-refractivity contribution in [1.82, 2.24) is 0 Å². The Bertz CT molecular complexity index is 264. The van der Waals surface area contributed by atoms with E-state index in [2.05, 4.69) is 6.92 Å². The van der Waals surface area contributed by atoms with E-state index in [1.165, 1.54) is 32.1 Å². The predicted molar refractivity (Wildman–Crippen MR) is 66.2 cm³/mol. The van der Waals surface area contributed by atoms with Crippen LogP contribution in [0, 0.1) is 0 Å². The van der Waals surface area contributed by atoms with E-state index < -0.39 is 0 Å². The van der Waals surface area contributed by atoms with Gasteiger partial charge in [0, 0.05) is 0 Å². The van der Waals surface area contributed by atoms with Gasteiger partial charge in [-0.1, -0.05) is 57.3 Å². The fraction of sp³-hybridized carbons (Fsp3) is 0.643. The molecule has 0 aromatic heterocycles. The summed E-state index contributed by atoms with van der Waals surface area (Å²) in [4.78, 5) is 11.4. The van der Waals surface area contributed by atoms with Gasteiger partial charge in [0.1, 0.15) is 0 Å². The number of carbonyl (C=O) groups is 1. The minimum absolute atomic E-state index is 0.165. The van der Waals surface area contributed by atoms with Crippen LogP contribution in [0.3, 0.4) is 0 Å². The normalized spacial score (nSPS) is 13.9. The maximum absolute atomic E-state index is 11.4. The Labute approximate surface area is 98.4 Å². The second-order valence-electron chi connectivity index (χ2n) is 4.20. The van der Waals surface area contributed by atoms with Gasteiger partial charge in [-0.15, -0.1) is 0 Å². The Morgan fingerprint density at radius 1 is 1.25 bits per heavy atom. The highest BCUT2D eigenvalue weighted by atomic mass is 16.5. The first-order valence-corrected chi connectivity index (χ1v) is 6.38. The van der Waals surface area contributed by atoms with Crippen LogP contribution in [0.15, 0.2) is 23.8 Å². The van der Waals surface area contributed by atoms with E-state index in [4.69, 9.17) is 4.74 Å². The standard InChI is InChI=1S/C14H22O2/c1-2-3-4-5-6-9-12-16-14(15)13-10-7-8-11-13/h7,10-11H,2-6,8-9,12H2,1H3. The molecular weight excluding hydrogens is 200 g/mol. The zero-order chi connectivity index (χ0) is 11.6. The maximum Gasteiger partial charge on any atom is 0.337 e. The average Bonchev–Trinajstić information content (AvgIpc) is 2.81. The smallest absolute Gasteiger partial charge is 0.337 e. The van der Waals surface area contributed by atoms with Gasteiger partial charge in [-0.05, 0) is 12.8 Å². The Morgan fingerprint density at radius 2 is 2.00 bits per heavy atom. The number of ether oxygens (including phenoxy) is 1. The van der Waals surface area contributed by atoms with E-state index in [-0.39, 0.29) is 5.97 Å². The molecule has 1 aliphatic carbocycles. The molecule has 0 heterocycles. The molecule has 2 nitrogen and oxygen atoms in total. The molecule has 0 aliphatic heterocycles. The molecule has 0 fully saturated rings. The van der Waals surface area contributed by atoms with Crippen molar-refractivity contribution in [3.05, 3.63) is 23.8 Å². The molecule has 0 N–H and O–H groups in total. The first-order chi connectivity index (χ1) is 7.84. The second kappa shape index (κ2) is 8.14. The van der Waals surface area contributed by atoms with Gasteiger partial charge in [-0.25, -0.2) is 4.79 Å². The van der Waals surface area contributed by atoms with E-state index >= 15 is 0 Å². The van der Waals surface area contributed by atoms with Gasteiger partial charge in [-0.2, -0.15) is 0 Å². The SMILES string of the molecule is CCCCCCCCOC(=O)C1=CCC=C1. The fourth-order valence-electron chi connectivity index (χ4n) is 1.74. The van der Waals surface area contributed by atoms with Crippen molar-refractivity contribution in [2.24, 2.45) is 0 Å². The summed E-state index contributed by atoms with van der Waals surface area (Å²) in [6.45, 7) is 2.78. The van der Waals surface area contributed by atoms with Gasteiger partial charge in [0.15, 0.2) is 0 Å². The molecule has 0 aromatic carbocycles. The van der Waals surface area contributed by atoms with Crippen molar-refractivity contribution in [3.8, 4) is 0 Å². The Morgan fingerprint density at radius 3 is 2.69 bits per heavy atom. The summed E-state index contributed by atoms with van der Waals surface area (Å²) in [6, 6.07) is 0. The molecule has 0 radical (unpaired) electrons. The van der Waals surface area contributed by atoms with Crippen molar-refractivity contribution in [3.63, 3.8) is 0 Å². The van der Waals surface area contributed by atoms with Gasteiger partial charge in [0.05, 0.1) is 12.2 Å². The quantitative estimate of drug-likeness (QED) is 0.461. The molecule has 0 unspecified atom stereocenters. The van der Waals surface area contributed by atoms with Crippen LogP contribution in [0.25, 0.3) is 0 Å². The Hall–Kier alpha value is -1.05. The van der Waals surface area contributed by atoms with Crippen molar-refractivity contribution < 1.29 is 9.53 Å². The molecule has 0 spiro atoms. The van der Waals surface area contributed by atoms with E-state index in [1.54, 1.807) is 0 Å². The van der Waals surface area contributed by atoms with Crippen LogP contribution in [0.1, 0.15) is 51.9 Å². The molecule has 16 heavy (non-hydrogen) atoms. The number of rotatable bonds is 8. The van der Waals surface area contributed by atoms with Crippen LogP contribution in [0.5, 0.6) is 0 Å². The van der Waals surface area contributed by atoms with Crippen LogP contribution in [-0.2, 0) is 9.53 Å². The maximum atomic E-state index is 11.4. The summed E-state index contributed by atoms with van der Waals surface area (Å²) in [5.74, 6) is -0.165. The molecule has 0 saturated heterocycles.